The van der Waals surface area contributed by atoms with Gasteiger partial charge in [-0.3, -0.25) is 9.78 Å². The van der Waals surface area contributed by atoms with Crippen LogP contribution in [0.4, 0.5) is 0 Å². The van der Waals surface area contributed by atoms with Crippen LogP contribution in [0.1, 0.15) is 40.5 Å². The molecule has 3 aromatic rings. The molecule has 0 saturated carbocycles. The summed E-state index contributed by atoms with van der Waals surface area (Å²) >= 11 is 0. The molecular weight excluding hydrogens is 434 g/mol. The summed E-state index contributed by atoms with van der Waals surface area (Å²) in [6.45, 7) is 3.21. The van der Waals surface area contributed by atoms with Crippen molar-refractivity contribution >= 4 is 5.91 Å². The first-order valence-corrected chi connectivity index (χ1v) is 11.2. The molecule has 1 fully saturated rings. The first-order valence-electron chi connectivity index (χ1n) is 11.2. The molecule has 0 atom stereocenters. The van der Waals surface area contributed by atoms with Crippen molar-refractivity contribution in [3.8, 4) is 28.7 Å². The number of rotatable bonds is 7. The highest BCUT2D eigenvalue weighted by atomic mass is 16.5. The van der Waals surface area contributed by atoms with Crippen molar-refractivity contribution in [2.24, 2.45) is 0 Å². The molecule has 34 heavy (non-hydrogen) atoms. The van der Waals surface area contributed by atoms with Crippen LogP contribution in [0.2, 0.25) is 0 Å². The van der Waals surface area contributed by atoms with Gasteiger partial charge in [-0.05, 0) is 49.9 Å². The lowest BCUT2D eigenvalue weighted by atomic mass is 9.89. The Labute approximate surface area is 199 Å². The highest BCUT2D eigenvalue weighted by Crippen LogP contribution is 2.35. The fourth-order valence-corrected chi connectivity index (χ4v) is 4.13. The third-order valence-electron chi connectivity index (χ3n) is 6.03. The van der Waals surface area contributed by atoms with Crippen LogP contribution in [0.3, 0.4) is 0 Å². The van der Waals surface area contributed by atoms with Gasteiger partial charge in [-0.25, -0.2) is 4.98 Å². The maximum atomic E-state index is 13.1. The van der Waals surface area contributed by atoms with E-state index in [-0.39, 0.29) is 5.91 Å². The summed E-state index contributed by atoms with van der Waals surface area (Å²) in [5.41, 5.74) is 2.35. The Hall–Kier alpha value is -3.81. The normalized spacial score (nSPS) is 13.9. The lowest BCUT2D eigenvalue weighted by Crippen LogP contribution is -2.38. The Morgan fingerprint density at radius 2 is 1.53 bits per heavy atom. The van der Waals surface area contributed by atoms with Crippen LogP contribution in [-0.4, -0.2) is 55.2 Å². The molecule has 1 aliphatic rings. The molecule has 0 bridgehead atoms. The lowest BCUT2D eigenvalue weighted by Gasteiger charge is -2.32. The molecular formula is C26H29N3O5. The van der Waals surface area contributed by atoms with Gasteiger partial charge < -0.3 is 23.8 Å². The van der Waals surface area contributed by atoms with Crippen LogP contribution in [-0.2, 0) is 0 Å². The second kappa shape index (κ2) is 10.4. The minimum atomic E-state index is -0.123. The van der Waals surface area contributed by atoms with E-state index in [4.69, 9.17) is 18.9 Å². The monoisotopic (exact) mass is 463 g/mol. The van der Waals surface area contributed by atoms with Gasteiger partial charge in [0, 0.05) is 42.7 Å². The molecule has 2 aromatic heterocycles. The molecule has 0 aliphatic carbocycles. The molecule has 8 heteroatoms. The number of ether oxygens (including phenoxy) is 4. The molecule has 0 radical (unpaired) electrons. The zero-order valence-electron chi connectivity index (χ0n) is 19.9. The average molecular weight is 464 g/mol. The Balaban J connectivity index is 1.43. The van der Waals surface area contributed by atoms with Crippen molar-refractivity contribution in [2.75, 3.05) is 34.4 Å². The SMILES string of the molecule is COc1ccc(Oc2cnc(C(=O)N3CCC(c4cnc(C)cc4OC)CC3)cc2OC)cc1. The van der Waals surface area contributed by atoms with Crippen LogP contribution in [0.25, 0.3) is 0 Å². The molecule has 0 unspecified atom stereocenters. The molecule has 1 saturated heterocycles. The van der Waals surface area contributed by atoms with Crippen LogP contribution in [0.15, 0.2) is 48.8 Å². The smallest absolute Gasteiger partial charge is 0.272 e. The van der Waals surface area contributed by atoms with E-state index in [1.54, 1.807) is 51.7 Å². The van der Waals surface area contributed by atoms with Crippen molar-refractivity contribution in [1.82, 2.24) is 14.9 Å². The summed E-state index contributed by atoms with van der Waals surface area (Å²) in [4.78, 5) is 23.7. The fourth-order valence-electron chi connectivity index (χ4n) is 4.13. The van der Waals surface area contributed by atoms with E-state index in [2.05, 4.69) is 9.97 Å². The summed E-state index contributed by atoms with van der Waals surface area (Å²) in [5, 5.41) is 0. The molecule has 0 spiro atoms. The number of methoxy groups -OCH3 is 3. The number of aromatic nitrogens is 2. The van der Waals surface area contributed by atoms with Gasteiger partial charge in [0.2, 0.25) is 0 Å². The van der Waals surface area contributed by atoms with E-state index in [0.717, 1.165) is 35.6 Å². The van der Waals surface area contributed by atoms with E-state index in [1.807, 2.05) is 24.1 Å². The van der Waals surface area contributed by atoms with Gasteiger partial charge in [0.05, 0.1) is 27.5 Å². The molecule has 1 amide bonds. The lowest BCUT2D eigenvalue weighted by molar-refractivity contribution is 0.0706. The molecule has 0 N–H and O–H groups in total. The van der Waals surface area contributed by atoms with Gasteiger partial charge in [-0.2, -0.15) is 0 Å². The number of hydrogen-bond acceptors (Lipinski definition) is 7. The number of amides is 1. The van der Waals surface area contributed by atoms with E-state index < -0.39 is 0 Å². The standard InChI is InChI=1S/C26H29N3O5/c1-17-13-23(32-3)21(15-27-17)18-9-11-29(12-10-18)26(30)22-14-24(33-4)25(16-28-22)34-20-7-5-19(31-2)6-8-20/h5-8,13-16,18H,9-12H2,1-4H3. The molecule has 8 nitrogen and oxygen atoms in total. The minimum Gasteiger partial charge on any atom is -0.497 e. The Kier molecular flexibility index (Phi) is 7.15. The topological polar surface area (TPSA) is 83.0 Å². The summed E-state index contributed by atoms with van der Waals surface area (Å²) < 4.78 is 22.1. The van der Waals surface area contributed by atoms with Gasteiger partial charge in [0.25, 0.3) is 5.91 Å². The van der Waals surface area contributed by atoms with E-state index in [1.165, 1.54) is 6.20 Å². The van der Waals surface area contributed by atoms with Crippen LogP contribution in [0, 0.1) is 6.92 Å². The number of nitrogens with zero attached hydrogens (tertiary/aromatic N) is 3. The van der Waals surface area contributed by atoms with Crippen molar-refractivity contribution in [3.05, 3.63) is 65.7 Å². The number of carbonyl (C=O) groups excluding carboxylic acids is 1. The average Bonchev–Trinajstić information content (AvgIpc) is 2.89. The predicted molar refractivity (Wildman–Crippen MR) is 127 cm³/mol. The van der Waals surface area contributed by atoms with Gasteiger partial charge in [-0.1, -0.05) is 0 Å². The summed E-state index contributed by atoms with van der Waals surface area (Å²) in [7, 11) is 4.83. The van der Waals surface area contributed by atoms with Crippen LogP contribution < -0.4 is 18.9 Å². The number of aryl methyl sites for hydroxylation is 1. The number of hydrogen-bond donors (Lipinski definition) is 0. The highest BCUT2D eigenvalue weighted by molar-refractivity contribution is 5.93. The van der Waals surface area contributed by atoms with Gasteiger partial charge in [-0.15, -0.1) is 0 Å². The third kappa shape index (κ3) is 5.06. The Morgan fingerprint density at radius 1 is 0.853 bits per heavy atom. The first kappa shape index (κ1) is 23.4. The predicted octanol–water partition coefficient (Wildman–Crippen LogP) is 4.62. The quantitative estimate of drug-likeness (QED) is 0.505. The van der Waals surface area contributed by atoms with Gasteiger partial charge in [0.1, 0.15) is 22.9 Å². The minimum absolute atomic E-state index is 0.123. The summed E-state index contributed by atoms with van der Waals surface area (Å²) in [6.07, 6.45) is 5.08. The third-order valence-corrected chi connectivity index (χ3v) is 6.03. The number of pyridine rings is 2. The molecule has 1 aromatic carbocycles. The van der Waals surface area contributed by atoms with Crippen molar-refractivity contribution in [1.29, 1.82) is 0 Å². The zero-order valence-corrected chi connectivity index (χ0v) is 19.9. The van der Waals surface area contributed by atoms with Crippen molar-refractivity contribution in [3.63, 3.8) is 0 Å². The number of benzene rings is 1. The molecule has 4 rings (SSSR count). The van der Waals surface area contributed by atoms with E-state index in [0.29, 0.717) is 41.9 Å². The molecule has 1 aliphatic heterocycles. The first-order chi connectivity index (χ1) is 16.5. The van der Waals surface area contributed by atoms with Gasteiger partial charge in [0.15, 0.2) is 11.5 Å². The maximum absolute atomic E-state index is 13.1. The number of carbonyl (C=O) groups is 1. The second-order valence-electron chi connectivity index (χ2n) is 8.13. The zero-order chi connectivity index (χ0) is 24.1. The summed E-state index contributed by atoms with van der Waals surface area (Å²) in [6, 6.07) is 10.8. The fraction of sp³-hybridized carbons (Fsp3) is 0.346. The Bertz CT molecular complexity index is 1140. The van der Waals surface area contributed by atoms with Crippen LogP contribution in [0.5, 0.6) is 28.7 Å². The number of piperidine rings is 1. The van der Waals surface area contributed by atoms with Crippen molar-refractivity contribution in [2.45, 2.75) is 25.7 Å². The Morgan fingerprint density at radius 3 is 2.18 bits per heavy atom. The largest absolute Gasteiger partial charge is 0.497 e. The molecule has 178 valence electrons. The van der Waals surface area contributed by atoms with E-state index in [9.17, 15) is 4.79 Å². The molecule has 3 heterocycles. The van der Waals surface area contributed by atoms with E-state index >= 15 is 0 Å². The highest BCUT2D eigenvalue weighted by Gasteiger charge is 2.27. The van der Waals surface area contributed by atoms with Crippen molar-refractivity contribution < 1.29 is 23.7 Å². The second-order valence-corrected chi connectivity index (χ2v) is 8.13. The van der Waals surface area contributed by atoms with Gasteiger partial charge >= 0.3 is 0 Å². The number of likely N-dealkylation sites (tertiary alicyclic amines) is 1. The summed E-state index contributed by atoms with van der Waals surface area (Å²) in [5.74, 6) is 3.26. The maximum Gasteiger partial charge on any atom is 0.272 e. The van der Waals surface area contributed by atoms with Crippen LogP contribution >= 0.6 is 0 Å².